The molecule has 1 aromatic rings. The zero-order chi connectivity index (χ0) is 10.7. The normalized spacial score (nSPS) is 15.9. The molecule has 4 nitrogen and oxygen atoms in total. The summed E-state index contributed by atoms with van der Waals surface area (Å²) in [7, 11) is 0. The molecule has 1 heterocycles. The summed E-state index contributed by atoms with van der Waals surface area (Å²) in [4.78, 5) is 10.8. The third kappa shape index (κ3) is 2.89. The fourth-order valence-electron chi connectivity index (χ4n) is 1.77. The van der Waals surface area contributed by atoms with Crippen LogP contribution in [0.5, 0.6) is 0 Å². The first-order valence-corrected chi connectivity index (χ1v) is 5.60. The number of nitrogen functional groups attached to an aromatic ring is 1. The second-order valence-electron chi connectivity index (χ2n) is 4.13. The minimum atomic E-state index is 0.493. The van der Waals surface area contributed by atoms with E-state index in [1.165, 1.54) is 19.3 Å². The largest absolute Gasteiger partial charge is 0.382 e. The van der Waals surface area contributed by atoms with Gasteiger partial charge in [0.25, 0.3) is 0 Å². The molecule has 0 saturated heterocycles. The number of hydrogen-bond donors (Lipinski definition) is 1. The highest BCUT2D eigenvalue weighted by Gasteiger charge is 2.28. The van der Waals surface area contributed by atoms with Crippen molar-refractivity contribution in [3.05, 3.63) is 18.1 Å². The van der Waals surface area contributed by atoms with Gasteiger partial charge in [-0.3, -0.25) is 9.88 Å². The number of aromatic nitrogens is 2. The van der Waals surface area contributed by atoms with E-state index in [-0.39, 0.29) is 0 Å². The first kappa shape index (κ1) is 10.4. The number of rotatable bonds is 5. The summed E-state index contributed by atoms with van der Waals surface area (Å²) in [5.41, 5.74) is 6.52. The summed E-state index contributed by atoms with van der Waals surface area (Å²) in [6, 6.07) is 0.782. The molecule has 1 aliphatic carbocycles. The molecule has 0 radical (unpaired) electrons. The maximum Gasteiger partial charge on any atom is 0.141 e. The first-order chi connectivity index (χ1) is 7.29. The quantitative estimate of drug-likeness (QED) is 0.792. The molecule has 0 aliphatic heterocycles. The van der Waals surface area contributed by atoms with Crippen molar-refractivity contribution in [2.24, 2.45) is 0 Å². The average molecular weight is 206 g/mol. The summed E-state index contributed by atoms with van der Waals surface area (Å²) in [5, 5.41) is 0. The second kappa shape index (κ2) is 4.57. The summed E-state index contributed by atoms with van der Waals surface area (Å²) in [6.45, 7) is 4.27. The van der Waals surface area contributed by atoms with Gasteiger partial charge >= 0.3 is 0 Å². The van der Waals surface area contributed by atoms with E-state index in [1.807, 2.05) is 0 Å². The van der Waals surface area contributed by atoms with Crippen LogP contribution in [0.3, 0.4) is 0 Å². The lowest BCUT2D eigenvalue weighted by Crippen LogP contribution is -2.26. The van der Waals surface area contributed by atoms with E-state index >= 15 is 0 Å². The van der Waals surface area contributed by atoms with Crippen molar-refractivity contribution in [3.8, 4) is 0 Å². The van der Waals surface area contributed by atoms with Gasteiger partial charge in [0.15, 0.2) is 0 Å². The van der Waals surface area contributed by atoms with Crippen molar-refractivity contribution in [2.75, 3.05) is 12.3 Å². The van der Waals surface area contributed by atoms with Gasteiger partial charge in [-0.15, -0.1) is 0 Å². The lowest BCUT2D eigenvalue weighted by atomic mass is 10.3. The van der Waals surface area contributed by atoms with Gasteiger partial charge in [0.05, 0.1) is 18.1 Å². The molecule has 2 rings (SSSR count). The summed E-state index contributed by atoms with van der Waals surface area (Å²) in [6.07, 6.45) is 7.27. The molecule has 0 unspecified atom stereocenters. The highest BCUT2D eigenvalue weighted by molar-refractivity contribution is 5.22. The molecule has 1 aromatic heterocycles. The molecule has 15 heavy (non-hydrogen) atoms. The van der Waals surface area contributed by atoms with Gasteiger partial charge in [0.1, 0.15) is 5.82 Å². The van der Waals surface area contributed by atoms with Gasteiger partial charge in [0, 0.05) is 12.6 Å². The molecule has 2 N–H and O–H groups in total. The van der Waals surface area contributed by atoms with Crippen LogP contribution >= 0.6 is 0 Å². The third-order valence-electron chi connectivity index (χ3n) is 2.66. The smallest absolute Gasteiger partial charge is 0.141 e. The summed E-state index contributed by atoms with van der Waals surface area (Å²) < 4.78 is 0. The van der Waals surface area contributed by atoms with Crippen LogP contribution in [-0.4, -0.2) is 27.5 Å². The van der Waals surface area contributed by atoms with Crippen LogP contribution in [0.2, 0.25) is 0 Å². The number of nitrogens with zero attached hydrogens (tertiary/aromatic N) is 3. The van der Waals surface area contributed by atoms with Gasteiger partial charge < -0.3 is 5.73 Å². The molecule has 4 heteroatoms. The Balaban J connectivity index is 1.95. The SMILES string of the molecule is CCCN(Cc1cnc(N)cn1)C1CC1. The molecule has 82 valence electrons. The van der Waals surface area contributed by atoms with Crippen LogP contribution in [0.25, 0.3) is 0 Å². The van der Waals surface area contributed by atoms with Crippen LogP contribution in [0.15, 0.2) is 12.4 Å². The molecule has 0 spiro atoms. The predicted octanol–water partition coefficient (Wildman–Crippen LogP) is 1.43. The van der Waals surface area contributed by atoms with E-state index in [0.717, 1.165) is 24.8 Å². The lowest BCUT2D eigenvalue weighted by molar-refractivity contribution is 0.252. The topological polar surface area (TPSA) is 55.0 Å². The van der Waals surface area contributed by atoms with Crippen molar-refractivity contribution >= 4 is 5.82 Å². The Morgan fingerprint density at radius 3 is 2.73 bits per heavy atom. The minimum Gasteiger partial charge on any atom is -0.382 e. The van der Waals surface area contributed by atoms with Crippen LogP contribution in [0, 0.1) is 0 Å². The standard InChI is InChI=1S/C11H18N4/c1-2-5-15(10-3-4-10)8-9-6-14-11(12)7-13-9/h6-7,10H,2-5,8H2,1H3,(H2,12,14). The molecule has 1 fully saturated rings. The van der Waals surface area contributed by atoms with E-state index in [0.29, 0.717) is 5.82 Å². The zero-order valence-electron chi connectivity index (χ0n) is 9.19. The Kier molecular flexibility index (Phi) is 3.16. The van der Waals surface area contributed by atoms with Crippen LogP contribution < -0.4 is 5.73 Å². The van der Waals surface area contributed by atoms with Crippen LogP contribution in [0.4, 0.5) is 5.82 Å². The van der Waals surface area contributed by atoms with Crippen molar-refractivity contribution < 1.29 is 0 Å². The summed E-state index contributed by atoms with van der Waals surface area (Å²) >= 11 is 0. The highest BCUT2D eigenvalue weighted by Crippen LogP contribution is 2.27. The molecule has 0 amide bonds. The van der Waals surface area contributed by atoms with Crippen molar-refractivity contribution in [1.29, 1.82) is 0 Å². The maximum atomic E-state index is 5.50. The molecule has 1 saturated carbocycles. The first-order valence-electron chi connectivity index (χ1n) is 5.60. The monoisotopic (exact) mass is 206 g/mol. The summed E-state index contributed by atoms with van der Waals surface area (Å²) in [5.74, 6) is 0.493. The van der Waals surface area contributed by atoms with Crippen LogP contribution in [-0.2, 0) is 6.54 Å². The van der Waals surface area contributed by atoms with E-state index in [4.69, 9.17) is 5.73 Å². The van der Waals surface area contributed by atoms with E-state index in [9.17, 15) is 0 Å². The number of nitrogens with two attached hydrogens (primary N) is 1. The molecule has 1 aliphatic rings. The second-order valence-corrected chi connectivity index (χ2v) is 4.13. The molecule has 0 atom stereocenters. The van der Waals surface area contributed by atoms with Crippen molar-refractivity contribution in [1.82, 2.24) is 14.9 Å². The fraction of sp³-hybridized carbons (Fsp3) is 0.636. The number of anilines is 1. The van der Waals surface area contributed by atoms with E-state index < -0.39 is 0 Å². The Morgan fingerprint density at radius 1 is 1.40 bits per heavy atom. The Morgan fingerprint density at radius 2 is 2.20 bits per heavy atom. The zero-order valence-corrected chi connectivity index (χ0v) is 9.19. The molecule has 0 bridgehead atoms. The fourth-order valence-corrected chi connectivity index (χ4v) is 1.77. The van der Waals surface area contributed by atoms with Gasteiger partial charge in [-0.2, -0.15) is 0 Å². The predicted molar refractivity (Wildman–Crippen MR) is 60.2 cm³/mol. The van der Waals surface area contributed by atoms with Crippen LogP contribution in [0.1, 0.15) is 31.9 Å². The van der Waals surface area contributed by atoms with E-state index in [2.05, 4.69) is 21.8 Å². The maximum absolute atomic E-state index is 5.50. The lowest BCUT2D eigenvalue weighted by Gasteiger charge is -2.20. The molecular formula is C11H18N4. The molecule has 0 aromatic carbocycles. The van der Waals surface area contributed by atoms with Crippen molar-refractivity contribution in [2.45, 2.75) is 38.8 Å². The Bertz CT molecular complexity index is 305. The third-order valence-corrected chi connectivity index (χ3v) is 2.66. The van der Waals surface area contributed by atoms with Crippen molar-refractivity contribution in [3.63, 3.8) is 0 Å². The Labute approximate surface area is 90.5 Å². The average Bonchev–Trinajstić information content (AvgIpc) is 3.04. The Hall–Kier alpha value is -1.16. The van der Waals surface area contributed by atoms with Gasteiger partial charge in [0.2, 0.25) is 0 Å². The number of hydrogen-bond acceptors (Lipinski definition) is 4. The van der Waals surface area contributed by atoms with Gasteiger partial charge in [-0.25, -0.2) is 4.98 Å². The minimum absolute atomic E-state index is 0.493. The highest BCUT2D eigenvalue weighted by atomic mass is 15.2. The van der Waals surface area contributed by atoms with E-state index in [1.54, 1.807) is 12.4 Å². The van der Waals surface area contributed by atoms with Gasteiger partial charge in [-0.1, -0.05) is 6.92 Å². The molecular weight excluding hydrogens is 188 g/mol. The van der Waals surface area contributed by atoms with Gasteiger partial charge in [-0.05, 0) is 25.8 Å².